The van der Waals surface area contributed by atoms with E-state index in [1.54, 1.807) is 0 Å². The van der Waals surface area contributed by atoms with Gasteiger partial charge in [0.2, 0.25) is 0 Å². The van der Waals surface area contributed by atoms with Crippen LogP contribution in [0.15, 0.2) is 0 Å². The van der Waals surface area contributed by atoms with Gasteiger partial charge in [0.15, 0.2) is 0 Å². The second kappa shape index (κ2) is 19.4. The smallest absolute Gasteiger partial charge is 0.0388 e. The van der Waals surface area contributed by atoms with Gasteiger partial charge in [-0.3, -0.25) is 0 Å². The molecule has 0 heterocycles. The van der Waals surface area contributed by atoms with Crippen molar-refractivity contribution in [2.75, 3.05) is 0 Å². The molecule has 0 aromatic carbocycles. The van der Waals surface area contributed by atoms with Crippen LogP contribution in [0.25, 0.3) is 0 Å². The Labute approximate surface area is 47.2 Å². The summed E-state index contributed by atoms with van der Waals surface area (Å²) in [5.41, 5.74) is 0. The summed E-state index contributed by atoms with van der Waals surface area (Å²) in [5, 5.41) is 7.35. The van der Waals surface area contributed by atoms with Crippen LogP contribution in [0, 0.1) is 10.2 Å². The molecule has 5 heteroatoms. The second-order valence-electron chi connectivity index (χ2n) is 0.247. The van der Waals surface area contributed by atoms with Gasteiger partial charge in [-0.15, -0.1) is 0 Å². The van der Waals surface area contributed by atoms with Gasteiger partial charge < -0.3 is 0 Å². The minimum Gasteiger partial charge on any atom is -0.0388 e. The van der Waals surface area contributed by atoms with Crippen molar-refractivity contribution in [2.45, 2.75) is 0 Å². The van der Waals surface area contributed by atoms with Gasteiger partial charge in [0.1, 0.15) is 0 Å². The fraction of sp³-hybridized carbons (Fsp3) is 0. The van der Waals surface area contributed by atoms with Crippen LogP contribution >= 0.6 is 0 Å². The van der Waals surface area contributed by atoms with Gasteiger partial charge in [-0.1, -0.05) is 0 Å². The Bertz CT molecular complexity index is 61.1. The zero-order valence-corrected chi connectivity index (χ0v) is 6.66. The SMILES string of the molecule is N#[C][Al]=[O].[B][SiH3]. The Balaban J connectivity index is 0. The summed E-state index contributed by atoms with van der Waals surface area (Å²) in [5.74, 6) is 0. The summed E-state index contributed by atoms with van der Waals surface area (Å²) in [7, 11) is 5.44. The molecule has 6 heavy (non-hydrogen) atoms. The van der Waals surface area contributed by atoms with Crippen LogP contribution in [0.5, 0.6) is 0 Å². The van der Waals surface area contributed by atoms with Gasteiger partial charge in [0.25, 0.3) is 0 Å². The molecule has 0 rings (SSSR count). The van der Waals surface area contributed by atoms with Crippen LogP contribution in [0.1, 0.15) is 0 Å². The molecule has 0 fully saturated rings. The van der Waals surface area contributed by atoms with E-state index in [-0.39, 0.29) is 0 Å². The molecule has 0 bridgehead atoms. The van der Waals surface area contributed by atoms with Gasteiger partial charge in [-0.2, -0.15) is 0 Å². The van der Waals surface area contributed by atoms with Crippen molar-refractivity contribution in [1.82, 2.24) is 0 Å². The molecule has 0 N–H and O–H groups in total. The summed E-state index contributed by atoms with van der Waals surface area (Å²) in [6.45, 7) is 0. The van der Waals surface area contributed by atoms with Crippen LogP contribution in [-0.4, -0.2) is 32.7 Å². The van der Waals surface area contributed by atoms with E-state index in [0.29, 0.717) is 0 Å². The molecule has 0 aliphatic heterocycles. The molecule has 2 nitrogen and oxygen atoms in total. The zero-order valence-electron chi connectivity index (χ0n) is 3.51. The molecule has 0 aromatic heterocycles. The first-order valence-corrected chi connectivity index (χ1v) is 3.53. The molecule has 0 atom stereocenters. The number of rotatable bonds is 0. The van der Waals surface area contributed by atoms with E-state index in [1.165, 1.54) is 4.93 Å². The van der Waals surface area contributed by atoms with Crippen LogP contribution in [0.2, 0.25) is 0 Å². The van der Waals surface area contributed by atoms with E-state index < -0.39 is 15.2 Å². The quantitative estimate of drug-likeness (QED) is 0.337. The minimum absolute atomic E-state index is 0.806. The average molecular weight is 111 g/mol. The van der Waals surface area contributed by atoms with E-state index in [2.05, 4.69) is 7.44 Å². The first kappa shape index (κ1) is 9.44. The fourth-order valence-electron chi connectivity index (χ4n) is 0. The molecular weight excluding hydrogens is 108 g/mol. The van der Waals surface area contributed by atoms with Crippen LogP contribution in [0.3, 0.4) is 0 Å². The monoisotopic (exact) mass is 111 g/mol. The Morgan fingerprint density at radius 2 is 2.00 bits per heavy atom. The molecule has 0 unspecified atom stereocenters. The van der Waals surface area contributed by atoms with Crippen molar-refractivity contribution >= 4 is 32.7 Å². The van der Waals surface area contributed by atoms with Crippen molar-refractivity contribution in [3.63, 3.8) is 0 Å². The van der Waals surface area contributed by atoms with Crippen LogP contribution < -0.4 is 0 Å². The van der Waals surface area contributed by atoms with E-state index in [1.807, 2.05) is 0 Å². The van der Waals surface area contributed by atoms with Gasteiger partial charge in [0, 0.05) is 7.44 Å². The zero-order chi connectivity index (χ0) is 5.41. The Hall–Kier alpha value is 0.104. The molecule has 2 radical (unpaired) electrons. The Morgan fingerprint density at radius 1 is 1.83 bits per heavy atom. The molecule has 0 aromatic rings. The van der Waals surface area contributed by atoms with Gasteiger partial charge >= 0.3 is 29.2 Å². The molecule has 28 valence electrons. The molecular formula is CH3AlBNOSi. The van der Waals surface area contributed by atoms with Gasteiger partial charge in [0.05, 0.1) is 0 Å². The molecule has 0 aliphatic rings. The molecule has 0 aliphatic carbocycles. The molecule has 0 saturated carbocycles. The molecule has 0 amide bonds. The molecule has 0 saturated heterocycles. The van der Waals surface area contributed by atoms with E-state index >= 15 is 0 Å². The van der Waals surface area contributed by atoms with Gasteiger partial charge in [-0.05, 0) is 10.1 Å². The third-order valence-corrected chi connectivity index (χ3v) is 0.158. The summed E-state index contributed by atoms with van der Waals surface area (Å²) >= 11 is -1.16. The Morgan fingerprint density at radius 3 is 2.00 bits per heavy atom. The predicted octanol–water partition coefficient (Wildman–Crippen LogP) is -2.05. The number of nitrogens with zero attached hydrogens (tertiary/aromatic N) is 1. The largest absolute Gasteiger partial charge is 0.0434 e. The third-order valence-electron chi connectivity index (χ3n) is 0.0527. The maximum absolute atomic E-state index is 9.02. The first-order chi connectivity index (χ1) is 2.91. The van der Waals surface area contributed by atoms with Crippen LogP contribution in [-0.2, 0) is 3.80 Å². The Kier molecular flexibility index (Phi) is 30.6. The maximum atomic E-state index is 9.02. The van der Waals surface area contributed by atoms with Gasteiger partial charge in [-0.25, -0.2) is 0 Å². The average Bonchev–Trinajstić information content (AvgIpc) is 1.72. The summed E-state index contributed by atoms with van der Waals surface area (Å²) < 4.78 is 9.02. The normalized spacial score (nSPS) is 3.17. The van der Waals surface area contributed by atoms with Crippen molar-refractivity contribution in [2.24, 2.45) is 0 Å². The fourth-order valence-corrected chi connectivity index (χ4v) is 0. The molecule has 0 spiro atoms. The second-order valence-corrected chi connectivity index (χ2v) is 0.741. The van der Waals surface area contributed by atoms with Crippen molar-refractivity contribution in [1.29, 1.82) is 5.26 Å². The summed E-state index contributed by atoms with van der Waals surface area (Å²) in [6, 6.07) is 0. The third kappa shape index (κ3) is 32.4. The summed E-state index contributed by atoms with van der Waals surface area (Å²) in [6.07, 6.45) is 0. The minimum atomic E-state index is -1.16. The van der Waals surface area contributed by atoms with Crippen molar-refractivity contribution < 1.29 is 3.80 Å². The summed E-state index contributed by atoms with van der Waals surface area (Å²) in [4.78, 5) is 1.46. The number of hydrogen-bond acceptors (Lipinski definition) is 2. The van der Waals surface area contributed by atoms with Crippen molar-refractivity contribution in [3.8, 4) is 4.93 Å². The maximum Gasteiger partial charge on any atom is 0.0434 e. The standard InChI is InChI=1S/CN.Al.BH3Si.O/c1-2;;1-2;/h;;2H3;. The van der Waals surface area contributed by atoms with Crippen molar-refractivity contribution in [3.05, 3.63) is 0 Å². The topological polar surface area (TPSA) is 40.9 Å². The van der Waals surface area contributed by atoms with Crippen LogP contribution in [0.4, 0.5) is 0 Å². The first-order valence-electron chi connectivity index (χ1n) is 1.33. The predicted molar refractivity (Wildman–Crippen MR) is 27.7 cm³/mol. The van der Waals surface area contributed by atoms with E-state index in [0.717, 1.165) is 10.1 Å². The van der Waals surface area contributed by atoms with E-state index in [9.17, 15) is 0 Å². The number of hydrogen-bond donors (Lipinski definition) is 0. The van der Waals surface area contributed by atoms with E-state index in [4.69, 9.17) is 9.07 Å². The number of nitriles is 1.